The lowest BCUT2D eigenvalue weighted by molar-refractivity contribution is 0.207. The van der Waals surface area contributed by atoms with Crippen LogP contribution in [0.2, 0.25) is 0 Å². The first kappa shape index (κ1) is 15.6. The molecule has 2 aromatic carbocycles. The number of hydrogen-bond acceptors (Lipinski definition) is 1. The first-order valence-corrected chi connectivity index (χ1v) is 8.26. The van der Waals surface area contributed by atoms with Crippen LogP contribution >= 0.6 is 0 Å². The number of nitrogens with one attached hydrogen (secondary N) is 1. The predicted molar refractivity (Wildman–Crippen MR) is 94.8 cm³/mol. The minimum absolute atomic E-state index is 0.00340. The molecule has 23 heavy (non-hydrogen) atoms. The topological polar surface area (TPSA) is 32.3 Å². The molecule has 1 fully saturated rings. The first-order chi connectivity index (χ1) is 11.0. The Kier molecular flexibility index (Phi) is 4.37. The smallest absolute Gasteiger partial charge is 0.317 e. The number of likely N-dealkylation sites (tertiary alicyclic amines) is 1. The van der Waals surface area contributed by atoms with Crippen LogP contribution in [-0.4, -0.2) is 17.5 Å². The molecule has 1 heterocycles. The van der Waals surface area contributed by atoms with Crippen LogP contribution in [0.5, 0.6) is 0 Å². The maximum Gasteiger partial charge on any atom is 0.322 e. The molecular weight excluding hydrogens is 284 g/mol. The SMILES string of the molecule is Cc1ccc([C@H]2CCCN2C(=O)Nc2ccc(C)c(C)c2)cc1. The zero-order valence-corrected chi connectivity index (χ0v) is 14.1. The van der Waals surface area contributed by atoms with Gasteiger partial charge in [0.2, 0.25) is 0 Å². The summed E-state index contributed by atoms with van der Waals surface area (Å²) in [7, 11) is 0. The molecule has 2 amide bonds. The van der Waals surface area contributed by atoms with Crippen molar-refractivity contribution in [2.45, 2.75) is 39.7 Å². The van der Waals surface area contributed by atoms with E-state index in [0.717, 1.165) is 25.1 Å². The third-order valence-electron chi connectivity index (χ3n) is 4.73. The average molecular weight is 308 g/mol. The van der Waals surface area contributed by atoms with Gasteiger partial charge in [-0.15, -0.1) is 0 Å². The molecule has 1 N–H and O–H groups in total. The molecule has 0 bridgehead atoms. The van der Waals surface area contributed by atoms with Gasteiger partial charge < -0.3 is 10.2 Å². The lowest BCUT2D eigenvalue weighted by atomic mass is 10.0. The minimum atomic E-state index is -0.00340. The summed E-state index contributed by atoms with van der Waals surface area (Å²) >= 11 is 0. The van der Waals surface area contributed by atoms with Crippen LogP contribution in [0.15, 0.2) is 42.5 Å². The highest BCUT2D eigenvalue weighted by Gasteiger charge is 2.29. The normalized spacial score (nSPS) is 17.3. The van der Waals surface area contributed by atoms with Crippen molar-refractivity contribution in [1.29, 1.82) is 0 Å². The summed E-state index contributed by atoms with van der Waals surface area (Å²) in [6.07, 6.45) is 2.09. The van der Waals surface area contributed by atoms with Gasteiger partial charge in [-0.1, -0.05) is 35.9 Å². The first-order valence-electron chi connectivity index (χ1n) is 8.26. The molecule has 1 saturated heterocycles. The highest BCUT2D eigenvalue weighted by Crippen LogP contribution is 2.32. The third-order valence-corrected chi connectivity index (χ3v) is 4.73. The van der Waals surface area contributed by atoms with Crippen LogP contribution < -0.4 is 5.32 Å². The van der Waals surface area contributed by atoms with Gasteiger partial charge in [0.15, 0.2) is 0 Å². The standard InChI is InChI=1S/C20H24N2O/c1-14-6-9-17(10-7-14)19-5-4-12-22(19)20(23)21-18-11-8-15(2)16(3)13-18/h6-11,13,19H,4-5,12H2,1-3H3,(H,21,23)/t19-/m1/s1. The summed E-state index contributed by atoms with van der Waals surface area (Å²) in [4.78, 5) is 14.6. The van der Waals surface area contributed by atoms with E-state index in [-0.39, 0.29) is 12.1 Å². The van der Waals surface area contributed by atoms with E-state index in [1.165, 1.54) is 22.3 Å². The van der Waals surface area contributed by atoms with Crippen molar-refractivity contribution in [2.24, 2.45) is 0 Å². The molecule has 3 rings (SSSR count). The van der Waals surface area contributed by atoms with Crippen molar-refractivity contribution in [2.75, 3.05) is 11.9 Å². The van der Waals surface area contributed by atoms with E-state index < -0.39 is 0 Å². The molecule has 0 aromatic heterocycles. The number of nitrogens with zero attached hydrogens (tertiary/aromatic N) is 1. The van der Waals surface area contributed by atoms with Crippen LogP contribution in [0.4, 0.5) is 10.5 Å². The fourth-order valence-electron chi connectivity index (χ4n) is 3.16. The van der Waals surface area contributed by atoms with Gasteiger partial charge in [0.05, 0.1) is 6.04 Å². The van der Waals surface area contributed by atoms with Crippen LogP contribution in [0.3, 0.4) is 0 Å². The zero-order chi connectivity index (χ0) is 16.4. The van der Waals surface area contributed by atoms with Crippen LogP contribution in [0.1, 0.15) is 41.1 Å². The van der Waals surface area contributed by atoms with E-state index in [0.29, 0.717) is 0 Å². The van der Waals surface area contributed by atoms with E-state index in [1.807, 2.05) is 23.1 Å². The monoisotopic (exact) mass is 308 g/mol. The molecule has 0 unspecified atom stereocenters. The molecule has 0 saturated carbocycles. The molecule has 1 aliphatic heterocycles. The molecule has 0 aliphatic carbocycles. The van der Waals surface area contributed by atoms with Crippen molar-refractivity contribution >= 4 is 11.7 Å². The molecule has 120 valence electrons. The summed E-state index contributed by atoms with van der Waals surface area (Å²) in [5.74, 6) is 0. The number of carbonyl (C=O) groups excluding carboxylic acids is 1. The summed E-state index contributed by atoms with van der Waals surface area (Å²) in [5, 5.41) is 3.05. The van der Waals surface area contributed by atoms with E-state index in [1.54, 1.807) is 0 Å². The second-order valence-electron chi connectivity index (χ2n) is 6.49. The number of rotatable bonds is 2. The summed E-state index contributed by atoms with van der Waals surface area (Å²) in [6.45, 7) is 7.04. The number of anilines is 1. The van der Waals surface area contributed by atoms with Crippen molar-refractivity contribution in [3.63, 3.8) is 0 Å². The van der Waals surface area contributed by atoms with E-state index >= 15 is 0 Å². The number of carbonyl (C=O) groups is 1. The highest BCUT2D eigenvalue weighted by molar-refractivity contribution is 5.90. The van der Waals surface area contributed by atoms with Crippen LogP contribution in [0, 0.1) is 20.8 Å². The van der Waals surface area contributed by atoms with E-state index in [9.17, 15) is 4.79 Å². The Morgan fingerprint density at radius 1 is 1.04 bits per heavy atom. The number of aryl methyl sites for hydroxylation is 3. The minimum Gasteiger partial charge on any atom is -0.317 e. The Bertz CT molecular complexity index is 706. The number of benzene rings is 2. The number of hydrogen-bond donors (Lipinski definition) is 1. The second kappa shape index (κ2) is 6.45. The fourth-order valence-corrected chi connectivity index (χ4v) is 3.16. The van der Waals surface area contributed by atoms with Gasteiger partial charge in [-0.3, -0.25) is 0 Å². The fraction of sp³-hybridized carbons (Fsp3) is 0.350. The maximum atomic E-state index is 12.7. The van der Waals surface area contributed by atoms with Gasteiger partial charge in [0.25, 0.3) is 0 Å². The Balaban J connectivity index is 1.75. The summed E-state index contributed by atoms with van der Waals surface area (Å²) < 4.78 is 0. The van der Waals surface area contributed by atoms with Crippen LogP contribution in [-0.2, 0) is 0 Å². The van der Waals surface area contributed by atoms with Gasteiger partial charge in [0.1, 0.15) is 0 Å². The van der Waals surface area contributed by atoms with Crippen molar-refractivity contribution in [1.82, 2.24) is 4.90 Å². The summed E-state index contributed by atoms with van der Waals surface area (Å²) in [6, 6.07) is 14.7. The molecule has 1 aliphatic rings. The average Bonchev–Trinajstić information content (AvgIpc) is 3.01. The molecule has 0 spiro atoms. The van der Waals surface area contributed by atoms with Crippen molar-refractivity contribution in [3.8, 4) is 0 Å². The van der Waals surface area contributed by atoms with Gasteiger partial charge in [-0.25, -0.2) is 4.79 Å². The lowest BCUT2D eigenvalue weighted by Crippen LogP contribution is -2.34. The van der Waals surface area contributed by atoms with Crippen molar-refractivity contribution < 1.29 is 4.79 Å². The molecular formula is C20H24N2O. The lowest BCUT2D eigenvalue weighted by Gasteiger charge is -2.25. The summed E-state index contributed by atoms with van der Waals surface area (Å²) in [5.41, 5.74) is 5.77. The third kappa shape index (κ3) is 3.39. The predicted octanol–water partition coefficient (Wildman–Crippen LogP) is 4.98. The Morgan fingerprint density at radius 3 is 2.48 bits per heavy atom. The van der Waals surface area contributed by atoms with Crippen molar-refractivity contribution in [3.05, 3.63) is 64.7 Å². The number of urea groups is 1. The van der Waals surface area contributed by atoms with Crippen LogP contribution in [0.25, 0.3) is 0 Å². The Hall–Kier alpha value is -2.29. The van der Waals surface area contributed by atoms with Gasteiger partial charge in [-0.2, -0.15) is 0 Å². The molecule has 3 nitrogen and oxygen atoms in total. The quantitative estimate of drug-likeness (QED) is 0.833. The molecule has 3 heteroatoms. The van der Waals surface area contributed by atoms with Gasteiger partial charge in [-0.05, 0) is 62.4 Å². The zero-order valence-electron chi connectivity index (χ0n) is 14.1. The molecule has 0 radical (unpaired) electrons. The molecule has 2 aromatic rings. The second-order valence-corrected chi connectivity index (χ2v) is 6.49. The highest BCUT2D eigenvalue weighted by atomic mass is 16.2. The largest absolute Gasteiger partial charge is 0.322 e. The maximum absolute atomic E-state index is 12.7. The molecule has 1 atom stereocenters. The number of amides is 2. The Morgan fingerprint density at radius 2 is 1.78 bits per heavy atom. The van der Waals surface area contributed by atoms with Gasteiger partial charge >= 0.3 is 6.03 Å². The van der Waals surface area contributed by atoms with E-state index in [2.05, 4.69) is 50.4 Å². The van der Waals surface area contributed by atoms with E-state index in [4.69, 9.17) is 0 Å². The Labute approximate surface area is 138 Å². The van der Waals surface area contributed by atoms with Gasteiger partial charge in [0, 0.05) is 12.2 Å².